The van der Waals surface area contributed by atoms with Crippen LogP contribution < -0.4 is 5.32 Å². The molecule has 1 unspecified atom stereocenters. The van der Waals surface area contributed by atoms with E-state index in [2.05, 4.69) is 36.3 Å². The molecular formula is C15H15ClN2S2. The van der Waals surface area contributed by atoms with Crippen LogP contribution in [-0.2, 0) is 6.42 Å². The molecule has 0 aliphatic heterocycles. The molecule has 0 radical (unpaired) electrons. The van der Waals surface area contributed by atoms with Gasteiger partial charge in [-0.1, -0.05) is 18.5 Å². The summed E-state index contributed by atoms with van der Waals surface area (Å²) in [4.78, 5) is 7.16. The Morgan fingerprint density at radius 3 is 2.90 bits per heavy atom. The first-order valence-corrected chi connectivity index (χ1v) is 8.63. The Morgan fingerprint density at radius 2 is 2.15 bits per heavy atom. The third-order valence-corrected chi connectivity index (χ3v) is 5.79. The fourth-order valence-corrected chi connectivity index (χ4v) is 4.00. The van der Waals surface area contributed by atoms with E-state index in [4.69, 9.17) is 11.6 Å². The van der Waals surface area contributed by atoms with Crippen molar-refractivity contribution in [3.63, 3.8) is 0 Å². The Balaban J connectivity index is 1.92. The fourth-order valence-electron chi connectivity index (χ4n) is 2.15. The van der Waals surface area contributed by atoms with Crippen molar-refractivity contribution < 1.29 is 0 Å². The lowest BCUT2D eigenvalue weighted by Gasteiger charge is -2.15. The van der Waals surface area contributed by atoms with Crippen LogP contribution in [0, 0.1) is 0 Å². The Bertz CT molecular complexity index is 732. The first kappa shape index (κ1) is 13.9. The summed E-state index contributed by atoms with van der Waals surface area (Å²) < 4.78 is 1.16. The number of fused-ring (bicyclic) bond motifs is 1. The van der Waals surface area contributed by atoms with Crippen LogP contribution in [0.3, 0.4) is 0 Å². The van der Waals surface area contributed by atoms with Crippen molar-refractivity contribution in [1.29, 1.82) is 0 Å². The summed E-state index contributed by atoms with van der Waals surface area (Å²) in [5.74, 6) is 0. The van der Waals surface area contributed by atoms with Crippen LogP contribution in [0.5, 0.6) is 0 Å². The second-order valence-electron chi connectivity index (χ2n) is 4.65. The number of thiophene rings is 1. The van der Waals surface area contributed by atoms with E-state index in [0.29, 0.717) is 0 Å². The number of benzene rings is 1. The highest BCUT2D eigenvalue weighted by atomic mass is 35.5. The van der Waals surface area contributed by atoms with Gasteiger partial charge in [0, 0.05) is 9.75 Å². The zero-order valence-electron chi connectivity index (χ0n) is 11.3. The van der Waals surface area contributed by atoms with E-state index in [-0.39, 0.29) is 6.04 Å². The standard InChI is InChI=1S/C15H15ClN2S2/c1-3-10-4-6-12(20-10)9(2)18-14-11(16)5-7-13-15(14)17-8-19-13/h4-9,18H,3H2,1-2H3. The Labute approximate surface area is 131 Å². The number of hydrogen-bond acceptors (Lipinski definition) is 4. The summed E-state index contributed by atoms with van der Waals surface area (Å²) in [6.45, 7) is 4.34. The maximum Gasteiger partial charge on any atom is 0.106 e. The summed E-state index contributed by atoms with van der Waals surface area (Å²) in [6, 6.07) is 8.57. The first-order chi connectivity index (χ1) is 9.69. The number of halogens is 1. The van der Waals surface area contributed by atoms with Gasteiger partial charge in [-0.3, -0.25) is 0 Å². The Kier molecular flexibility index (Phi) is 3.96. The molecule has 0 aliphatic rings. The summed E-state index contributed by atoms with van der Waals surface area (Å²) in [5.41, 5.74) is 3.75. The number of hydrogen-bond donors (Lipinski definition) is 1. The molecule has 2 nitrogen and oxygen atoms in total. The molecule has 0 spiro atoms. The quantitative estimate of drug-likeness (QED) is 0.661. The Hall–Kier alpha value is -1.10. The largest absolute Gasteiger partial charge is 0.375 e. The smallest absolute Gasteiger partial charge is 0.106 e. The van der Waals surface area contributed by atoms with Crippen molar-refractivity contribution in [2.24, 2.45) is 0 Å². The van der Waals surface area contributed by atoms with Crippen molar-refractivity contribution in [1.82, 2.24) is 4.98 Å². The van der Waals surface area contributed by atoms with Gasteiger partial charge in [0.25, 0.3) is 0 Å². The van der Waals surface area contributed by atoms with Crippen molar-refractivity contribution in [2.75, 3.05) is 5.32 Å². The van der Waals surface area contributed by atoms with E-state index in [0.717, 1.165) is 27.3 Å². The molecule has 104 valence electrons. The van der Waals surface area contributed by atoms with Gasteiger partial charge >= 0.3 is 0 Å². The van der Waals surface area contributed by atoms with E-state index >= 15 is 0 Å². The number of aryl methyl sites for hydroxylation is 1. The van der Waals surface area contributed by atoms with Crippen LogP contribution >= 0.6 is 34.3 Å². The van der Waals surface area contributed by atoms with Gasteiger partial charge in [0.05, 0.1) is 27.0 Å². The average molecular weight is 323 g/mol. The minimum absolute atomic E-state index is 0.227. The second-order valence-corrected chi connectivity index (χ2v) is 7.14. The van der Waals surface area contributed by atoms with Crippen molar-refractivity contribution in [2.45, 2.75) is 26.3 Å². The summed E-state index contributed by atoms with van der Waals surface area (Å²) in [6.07, 6.45) is 1.08. The molecule has 3 rings (SSSR count). The molecule has 3 aromatic rings. The van der Waals surface area contributed by atoms with Crippen molar-refractivity contribution >= 4 is 50.2 Å². The number of nitrogens with one attached hydrogen (secondary N) is 1. The molecule has 2 heterocycles. The Morgan fingerprint density at radius 1 is 1.30 bits per heavy atom. The van der Waals surface area contributed by atoms with Gasteiger partial charge in [-0.15, -0.1) is 22.7 Å². The lowest BCUT2D eigenvalue weighted by Crippen LogP contribution is -2.05. The highest BCUT2D eigenvalue weighted by molar-refractivity contribution is 7.16. The molecule has 0 fully saturated rings. The third kappa shape index (κ3) is 2.55. The monoisotopic (exact) mass is 322 g/mol. The van der Waals surface area contributed by atoms with Crippen molar-refractivity contribution in [3.05, 3.63) is 44.6 Å². The number of nitrogens with zero attached hydrogens (tertiary/aromatic N) is 1. The topological polar surface area (TPSA) is 24.9 Å². The van der Waals surface area contributed by atoms with Crippen LogP contribution in [0.2, 0.25) is 5.02 Å². The molecule has 0 amide bonds. The molecule has 20 heavy (non-hydrogen) atoms. The second kappa shape index (κ2) is 5.72. The SMILES string of the molecule is CCc1ccc(C(C)Nc2c(Cl)ccc3scnc23)s1. The maximum atomic E-state index is 6.33. The normalized spacial score (nSPS) is 12.8. The van der Waals surface area contributed by atoms with Crippen LogP contribution in [0.25, 0.3) is 10.2 Å². The van der Waals surface area contributed by atoms with Crippen LogP contribution in [0.1, 0.15) is 29.6 Å². The van der Waals surface area contributed by atoms with Gasteiger partial charge in [-0.25, -0.2) is 4.98 Å². The minimum Gasteiger partial charge on any atom is -0.375 e. The van der Waals surface area contributed by atoms with E-state index in [1.54, 1.807) is 11.3 Å². The molecule has 1 N–H and O–H groups in total. The zero-order valence-corrected chi connectivity index (χ0v) is 13.7. The lowest BCUT2D eigenvalue weighted by molar-refractivity contribution is 0.910. The van der Waals surface area contributed by atoms with Crippen molar-refractivity contribution in [3.8, 4) is 0 Å². The zero-order chi connectivity index (χ0) is 14.1. The van der Waals surface area contributed by atoms with E-state index < -0.39 is 0 Å². The highest BCUT2D eigenvalue weighted by Gasteiger charge is 2.14. The first-order valence-electron chi connectivity index (χ1n) is 6.56. The average Bonchev–Trinajstić information content (AvgIpc) is 3.09. The molecule has 2 aromatic heterocycles. The molecule has 0 bridgehead atoms. The molecule has 0 saturated heterocycles. The predicted octanol–water partition coefficient (Wildman–Crippen LogP) is 5.75. The van der Waals surface area contributed by atoms with Gasteiger partial charge < -0.3 is 5.32 Å². The van der Waals surface area contributed by atoms with Gasteiger partial charge in [0.2, 0.25) is 0 Å². The number of aromatic nitrogens is 1. The summed E-state index contributed by atoms with van der Waals surface area (Å²) in [5, 5.41) is 4.24. The highest BCUT2D eigenvalue weighted by Crippen LogP contribution is 2.35. The minimum atomic E-state index is 0.227. The molecule has 0 saturated carbocycles. The molecule has 0 aliphatic carbocycles. The number of rotatable bonds is 4. The van der Waals surface area contributed by atoms with Gasteiger partial charge in [-0.05, 0) is 37.6 Å². The van der Waals surface area contributed by atoms with E-state index in [9.17, 15) is 0 Å². The predicted molar refractivity (Wildman–Crippen MR) is 90.4 cm³/mol. The molecular weight excluding hydrogens is 308 g/mol. The van der Waals surface area contributed by atoms with Crippen LogP contribution in [0.15, 0.2) is 29.8 Å². The van der Waals surface area contributed by atoms with Crippen LogP contribution in [0.4, 0.5) is 5.69 Å². The van der Waals surface area contributed by atoms with E-state index in [1.165, 1.54) is 9.75 Å². The third-order valence-electron chi connectivity index (χ3n) is 3.27. The van der Waals surface area contributed by atoms with Gasteiger partial charge in [0.1, 0.15) is 5.52 Å². The molecule has 1 aromatic carbocycles. The summed E-state index contributed by atoms with van der Waals surface area (Å²) >= 11 is 9.81. The van der Waals surface area contributed by atoms with Gasteiger partial charge in [-0.2, -0.15) is 0 Å². The maximum absolute atomic E-state index is 6.33. The lowest BCUT2D eigenvalue weighted by atomic mass is 10.2. The molecule has 1 atom stereocenters. The van der Waals surface area contributed by atoms with Crippen LogP contribution in [-0.4, -0.2) is 4.98 Å². The number of anilines is 1. The number of thiazole rings is 1. The fraction of sp³-hybridized carbons (Fsp3) is 0.267. The summed E-state index contributed by atoms with van der Waals surface area (Å²) in [7, 11) is 0. The van der Waals surface area contributed by atoms with Gasteiger partial charge in [0.15, 0.2) is 0 Å². The van der Waals surface area contributed by atoms with E-state index in [1.807, 2.05) is 29.0 Å². The molecule has 5 heteroatoms.